The van der Waals surface area contributed by atoms with Crippen molar-refractivity contribution in [3.8, 4) is 0 Å². The van der Waals surface area contributed by atoms with Crippen LogP contribution in [0.1, 0.15) is 16.7 Å². The van der Waals surface area contributed by atoms with Crippen LogP contribution in [0, 0.1) is 6.92 Å². The average Bonchev–Trinajstić information content (AvgIpc) is 2.96. The molecule has 0 aliphatic rings. The van der Waals surface area contributed by atoms with Crippen LogP contribution < -0.4 is 0 Å². The Labute approximate surface area is 134 Å². The average molecular weight is 314 g/mol. The van der Waals surface area contributed by atoms with Crippen LogP contribution in [0.4, 0.5) is 0 Å². The Morgan fingerprint density at radius 1 is 1.00 bits per heavy atom. The third kappa shape index (κ3) is 7.06. The molecule has 0 atom stereocenters. The summed E-state index contributed by atoms with van der Waals surface area (Å²) in [5, 5.41) is 0. The number of hydrogen-bond donors (Lipinski definition) is 0. The van der Waals surface area contributed by atoms with Gasteiger partial charge in [-0.1, -0.05) is 6.92 Å². The summed E-state index contributed by atoms with van der Waals surface area (Å²) in [6.07, 6.45) is 0. The molecule has 0 unspecified atom stereocenters. The minimum Gasteiger partial charge on any atom is -0.317 e. The number of rotatable bonds is 4. The zero-order valence-electron chi connectivity index (χ0n) is 13.2. The van der Waals surface area contributed by atoms with Crippen LogP contribution >= 0.6 is 0 Å². The van der Waals surface area contributed by atoms with Crippen molar-refractivity contribution in [3.63, 3.8) is 0 Å². The van der Waals surface area contributed by atoms with Crippen LogP contribution in [-0.4, -0.2) is 38.0 Å². The molecule has 0 aliphatic heterocycles. The first kappa shape index (κ1) is 19.1. The van der Waals surface area contributed by atoms with Gasteiger partial charge in [0.25, 0.3) is 0 Å². The zero-order chi connectivity index (χ0) is 14.3. The number of hydrogen-bond acceptors (Lipinski definition) is 2. The second kappa shape index (κ2) is 9.95. The molecule has 0 bridgehead atoms. The van der Waals surface area contributed by atoms with Crippen molar-refractivity contribution >= 4 is 0 Å². The molecule has 0 heterocycles. The van der Waals surface area contributed by atoms with E-state index in [1.54, 1.807) is 0 Å². The Balaban J connectivity index is 0.000000507. The van der Waals surface area contributed by atoms with Crippen LogP contribution in [0.2, 0.25) is 0 Å². The van der Waals surface area contributed by atoms with Gasteiger partial charge < -0.3 is 9.80 Å². The molecule has 0 N–H and O–H groups in total. The second-order valence-corrected chi connectivity index (χ2v) is 5.46. The first-order chi connectivity index (χ1) is 9.00. The van der Waals surface area contributed by atoms with Crippen LogP contribution in [-0.2, 0) is 30.2 Å². The van der Waals surface area contributed by atoms with Gasteiger partial charge in [0, 0.05) is 6.54 Å². The monoisotopic (exact) mass is 314 g/mol. The quantitative estimate of drug-likeness (QED) is 0.631. The van der Waals surface area contributed by atoms with E-state index >= 15 is 0 Å². The third-order valence-electron chi connectivity index (χ3n) is 2.91. The molecule has 20 heavy (non-hydrogen) atoms. The van der Waals surface area contributed by atoms with Gasteiger partial charge in [0.2, 0.25) is 0 Å². The van der Waals surface area contributed by atoms with Gasteiger partial charge in [-0.2, -0.15) is 35.4 Å². The van der Waals surface area contributed by atoms with Crippen LogP contribution in [0.3, 0.4) is 0 Å². The first-order valence-corrected chi connectivity index (χ1v) is 6.71. The van der Waals surface area contributed by atoms with Crippen LogP contribution in [0.5, 0.6) is 0 Å². The number of aryl methyl sites for hydroxylation is 1. The summed E-state index contributed by atoms with van der Waals surface area (Å²) in [6, 6.07) is 14.5. The molecule has 0 radical (unpaired) electrons. The second-order valence-electron chi connectivity index (χ2n) is 5.46. The van der Waals surface area contributed by atoms with Gasteiger partial charge in [-0.15, -0.1) is 5.56 Å². The van der Waals surface area contributed by atoms with Gasteiger partial charge in [-0.25, -0.2) is 18.2 Å². The smallest absolute Gasteiger partial charge is 0.317 e. The van der Waals surface area contributed by atoms with Crippen molar-refractivity contribution < 1.29 is 17.1 Å². The Bertz CT molecular complexity index is 424. The molecule has 0 fully saturated rings. The SMILES string of the molecule is C[c-]1ccc(CN(C)C)c1CN(C)C.[Fe+2].c1cc[cH-]c1. The molecule has 0 saturated heterocycles. The molecule has 0 spiro atoms. The first-order valence-electron chi connectivity index (χ1n) is 6.71. The van der Waals surface area contributed by atoms with E-state index in [2.05, 4.69) is 57.0 Å². The van der Waals surface area contributed by atoms with Gasteiger partial charge in [0.1, 0.15) is 0 Å². The molecule has 3 heteroatoms. The Kier molecular flexibility index (Phi) is 9.52. The molecule has 2 rings (SSSR count). The van der Waals surface area contributed by atoms with Gasteiger partial charge in [0.05, 0.1) is 0 Å². The summed E-state index contributed by atoms with van der Waals surface area (Å²) in [5.41, 5.74) is 4.36. The fourth-order valence-electron chi connectivity index (χ4n) is 2.03. The van der Waals surface area contributed by atoms with E-state index in [0.29, 0.717) is 0 Å². The molecule has 0 aromatic heterocycles. The molecule has 2 nitrogen and oxygen atoms in total. The minimum atomic E-state index is 0. The summed E-state index contributed by atoms with van der Waals surface area (Å²) in [6.45, 7) is 4.27. The summed E-state index contributed by atoms with van der Waals surface area (Å²) in [4.78, 5) is 4.44. The maximum Gasteiger partial charge on any atom is 2.00 e. The summed E-state index contributed by atoms with van der Waals surface area (Å²) in [5.74, 6) is 0. The van der Waals surface area contributed by atoms with Crippen molar-refractivity contribution in [2.45, 2.75) is 20.0 Å². The van der Waals surface area contributed by atoms with E-state index in [4.69, 9.17) is 0 Å². The molecule has 0 aliphatic carbocycles. The molecule has 0 amide bonds. The molecule has 112 valence electrons. The van der Waals surface area contributed by atoms with Crippen molar-refractivity contribution in [2.24, 2.45) is 0 Å². The van der Waals surface area contributed by atoms with Crippen molar-refractivity contribution in [1.82, 2.24) is 9.80 Å². The molecule has 2 aromatic rings. The Morgan fingerprint density at radius 3 is 1.95 bits per heavy atom. The predicted octanol–water partition coefficient (Wildman–Crippen LogP) is 3.24. The van der Waals surface area contributed by atoms with Crippen molar-refractivity contribution in [1.29, 1.82) is 0 Å². The van der Waals surface area contributed by atoms with Crippen LogP contribution in [0.15, 0.2) is 42.5 Å². The maximum absolute atomic E-state index is 2.24. The minimum absolute atomic E-state index is 0. The standard InChI is InChI=1S/C12H21N2.C5H5.Fe/c1-10-6-7-11(8-13(2)3)12(10)9-14(4)5;1-2-4-5-3-1;/h6-7H,8-9H2,1-5H3;1-5H;/q2*-1;+2. The van der Waals surface area contributed by atoms with Crippen LogP contribution in [0.25, 0.3) is 0 Å². The molecule has 2 aromatic carbocycles. The number of nitrogens with zero attached hydrogens (tertiary/aromatic N) is 2. The predicted molar refractivity (Wildman–Crippen MR) is 83.6 cm³/mol. The summed E-state index contributed by atoms with van der Waals surface area (Å²) in [7, 11) is 8.46. The Hall–Kier alpha value is -0.861. The molecular formula is C17H26FeN2. The maximum atomic E-state index is 2.24. The van der Waals surface area contributed by atoms with E-state index in [1.165, 1.54) is 16.7 Å². The van der Waals surface area contributed by atoms with E-state index in [1.807, 2.05) is 30.3 Å². The van der Waals surface area contributed by atoms with Crippen molar-refractivity contribution in [3.05, 3.63) is 59.2 Å². The zero-order valence-corrected chi connectivity index (χ0v) is 14.3. The topological polar surface area (TPSA) is 6.48 Å². The fraction of sp³-hybridized carbons (Fsp3) is 0.412. The fourth-order valence-corrected chi connectivity index (χ4v) is 2.03. The Morgan fingerprint density at radius 2 is 1.55 bits per heavy atom. The largest absolute Gasteiger partial charge is 2.00 e. The van der Waals surface area contributed by atoms with Crippen molar-refractivity contribution in [2.75, 3.05) is 28.2 Å². The third-order valence-corrected chi connectivity index (χ3v) is 2.91. The summed E-state index contributed by atoms with van der Waals surface area (Å²) < 4.78 is 0. The van der Waals surface area contributed by atoms with Gasteiger partial charge in [-0.3, -0.25) is 0 Å². The molecule has 0 saturated carbocycles. The van der Waals surface area contributed by atoms with E-state index in [0.717, 1.165) is 13.1 Å². The van der Waals surface area contributed by atoms with Gasteiger partial charge in [-0.05, 0) is 34.7 Å². The normalized spacial score (nSPS) is 10.2. The van der Waals surface area contributed by atoms with E-state index in [-0.39, 0.29) is 17.1 Å². The van der Waals surface area contributed by atoms with Gasteiger partial charge >= 0.3 is 17.1 Å². The van der Waals surface area contributed by atoms with E-state index < -0.39 is 0 Å². The van der Waals surface area contributed by atoms with E-state index in [9.17, 15) is 0 Å². The van der Waals surface area contributed by atoms with Gasteiger partial charge in [0.15, 0.2) is 0 Å². The summed E-state index contributed by atoms with van der Waals surface area (Å²) >= 11 is 0. The molecular weight excluding hydrogens is 288 g/mol.